The first-order chi connectivity index (χ1) is 18.0. The number of aryl methyl sites for hydroxylation is 1. The molecule has 38 heavy (non-hydrogen) atoms. The van der Waals surface area contributed by atoms with Crippen molar-refractivity contribution in [2.24, 2.45) is 5.14 Å². The van der Waals surface area contributed by atoms with Crippen LogP contribution >= 0.6 is 0 Å². The number of ether oxygens (including phenoxy) is 1. The predicted molar refractivity (Wildman–Crippen MR) is 145 cm³/mol. The van der Waals surface area contributed by atoms with Crippen LogP contribution in [0.25, 0.3) is 11.1 Å². The molecule has 0 aliphatic carbocycles. The molecular formula is C27H37N5O5S. The van der Waals surface area contributed by atoms with Gasteiger partial charge in [0.15, 0.2) is 5.03 Å². The van der Waals surface area contributed by atoms with Gasteiger partial charge in [0.25, 0.3) is 10.0 Å². The summed E-state index contributed by atoms with van der Waals surface area (Å²) in [5.41, 5.74) is 4.36. The lowest BCUT2D eigenvalue weighted by molar-refractivity contribution is -0.136. The maximum Gasteiger partial charge on any atom is 0.307 e. The zero-order valence-electron chi connectivity index (χ0n) is 22.4. The van der Waals surface area contributed by atoms with Crippen LogP contribution in [0.5, 0.6) is 5.88 Å². The highest BCUT2D eigenvalue weighted by Crippen LogP contribution is 2.32. The van der Waals surface area contributed by atoms with E-state index in [1.54, 1.807) is 10.9 Å². The van der Waals surface area contributed by atoms with E-state index in [0.29, 0.717) is 25.6 Å². The predicted octanol–water partition coefficient (Wildman–Crippen LogP) is 3.65. The second-order valence-electron chi connectivity index (χ2n) is 9.87. The van der Waals surface area contributed by atoms with E-state index in [-0.39, 0.29) is 17.4 Å². The summed E-state index contributed by atoms with van der Waals surface area (Å²) in [4.78, 5) is 17.8. The third kappa shape index (κ3) is 8.11. The summed E-state index contributed by atoms with van der Waals surface area (Å²) >= 11 is 0. The summed E-state index contributed by atoms with van der Waals surface area (Å²) in [6.07, 6.45) is 4.05. The van der Waals surface area contributed by atoms with E-state index >= 15 is 0 Å². The summed E-state index contributed by atoms with van der Waals surface area (Å²) in [6.45, 7) is 5.71. The van der Waals surface area contributed by atoms with Gasteiger partial charge in [-0.25, -0.2) is 18.5 Å². The molecule has 0 amide bonds. The van der Waals surface area contributed by atoms with Gasteiger partial charge in [0.1, 0.15) is 0 Å². The molecule has 0 unspecified atom stereocenters. The van der Waals surface area contributed by atoms with E-state index in [4.69, 9.17) is 9.88 Å². The molecule has 0 aliphatic heterocycles. The van der Waals surface area contributed by atoms with Gasteiger partial charge in [0.2, 0.25) is 5.88 Å². The average molecular weight is 544 g/mol. The van der Waals surface area contributed by atoms with Gasteiger partial charge in [-0.1, -0.05) is 32.0 Å². The lowest BCUT2D eigenvalue weighted by atomic mass is 9.89. The smallest absolute Gasteiger partial charge is 0.307 e. The fraction of sp³-hybridized carbons (Fsp3) is 0.444. The third-order valence-corrected chi connectivity index (χ3v) is 6.87. The third-order valence-electron chi connectivity index (χ3n) is 6.08. The number of aromatic nitrogens is 3. The zero-order chi connectivity index (χ0) is 27.9. The van der Waals surface area contributed by atoms with E-state index < -0.39 is 16.0 Å². The Morgan fingerprint density at radius 3 is 2.58 bits per heavy atom. The number of benzene rings is 1. The number of carboxylic acid groups (broad SMARTS) is 1. The Hall–Kier alpha value is -3.28. The normalized spacial score (nSPS) is 11.9. The average Bonchev–Trinajstić information content (AvgIpc) is 3.23. The van der Waals surface area contributed by atoms with E-state index in [1.807, 2.05) is 49.3 Å². The zero-order valence-corrected chi connectivity index (χ0v) is 23.2. The highest BCUT2D eigenvalue weighted by molar-refractivity contribution is 7.89. The minimum Gasteiger partial charge on any atom is -0.481 e. The van der Waals surface area contributed by atoms with Gasteiger partial charge in [-0.05, 0) is 67.6 Å². The number of primary sulfonamides is 1. The van der Waals surface area contributed by atoms with Crippen LogP contribution < -0.4 is 9.88 Å². The second kappa shape index (κ2) is 13.0. The van der Waals surface area contributed by atoms with Crippen LogP contribution in [0.4, 0.5) is 0 Å². The fourth-order valence-electron chi connectivity index (χ4n) is 4.35. The van der Waals surface area contributed by atoms with Gasteiger partial charge in [-0.2, -0.15) is 5.10 Å². The fourth-order valence-corrected chi connectivity index (χ4v) is 4.86. The topological polar surface area (TPSA) is 141 Å². The summed E-state index contributed by atoms with van der Waals surface area (Å²) < 4.78 is 31.0. The first-order valence-corrected chi connectivity index (χ1v) is 14.2. The number of rotatable bonds is 14. The molecule has 3 N–H and O–H groups in total. The Balaban J connectivity index is 1.59. The molecule has 0 spiro atoms. The summed E-state index contributed by atoms with van der Waals surface area (Å²) in [5, 5.41) is 18.8. The van der Waals surface area contributed by atoms with E-state index in [2.05, 4.69) is 23.9 Å². The monoisotopic (exact) mass is 543 g/mol. The van der Waals surface area contributed by atoms with Gasteiger partial charge in [0.05, 0.1) is 18.7 Å². The number of nitrogens with zero attached hydrogens (tertiary/aromatic N) is 4. The van der Waals surface area contributed by atoms with Gasteiger partial charge in [-0.15, -0.1) is 0 Å². The Bertz CT molecular complexity index is 1350. The first kappa shape index (κ1) is 29.3. The number of aliphatic carboxylic acids is 1. The molecular weight excluding hydrogens is 506 g/mol. The van der Waals surface area contributed by atoms with E-state index in [0.717, 1.165) is 47.2 Å². The molecule has 0 radical (unpaired) electrons. The molecule has 0 fully saturated rings. The first-order valence-electron chi connectivity index (χ1n) is 12.6. The Labute approximate surface area is 224 Å². The quantitative estimate of drug-likeness (QED) is 0.294. The van der Waals surface area contributed by atoms with Crippen molar-refractivity contribution in [3.63, 3.8) is 0 Å². The molecule has 2 aromatic heterocycles. The molecule has 3 aromatic rings. The molecule has 0 saturated carbocycles. The van der Waals surface area contributed by atoms with Crippen LogP contribution in [-0.2, 0) is 34.3 Å². The number of sulfonamides is 1. The van der Waals surface area contributed by atoms with Crippen molar-refractivity contribution in [3.8, 4) is 17.0 Å². The van der Waals surface area contributed by atoms with Gasteiger partial charge in [0, 0.05) is 31.4 Å². The molecule has 2 heterocycles. The lowest BCUT2D eigenvalue weighted by Gasteiger charge is -2.17. The van der Waals surface area contributed by atoms with Crippen molar-refractivity contribution in [2.45, 2.75) is 63.6 Å². The minimum absolute atomic E-state index is 0.0482. The summed E-state index contributed by atoms with van der Waals surface area (Å²) in [7, 11) is -0.0458. The van der Waals surface area contributed by atoms with E-state index in [1.165, 1.54) is 6.07 Å². The van der Waals surface area contributed by atoms with E-state index in [9.17, 15) is 18.3 Å². The lowest BCUT2D eigenvalue weighted by Crippen LogP contribution is -2.16. The number of carboxylic acids is 1. The molecule has 3 rings (SSSR count). The van der Waals surface area contributed by atoms with Crippen molar-refractivity contribution in [3.05, 3.63) is 59.4 Å². The highest BCUT2D eigenvalue weighted by Gasteiger charge is 2.17. The standard InChI is InChI=1S/C27H37N5O5S/c1-19(2)22-9-8-10-23(24(22)17-27(33)34)20-11-12-29-25(15-20)37-14-7-5-6-13-32-21(18-31(3)4)16-26(30-32)38(28,35)36/h8-12,15-16,19H,5-7,13-14,17-18H2,1-4H3,(H,33,34)(H2,28,35,36). The molecule has 0 aliphatic rings. The molecule has 0 bridgehead atoms. The van der Waals surface area contributed by atoms with Crippen LogP contribution in [0, 0.1) is 0 Å². The summed E-state index contributed by atoms with van der Waals surface area (Å²) in [6, 6.07) is 11.1. The number of hydrogen-bond donors (Lipinski definition) is 2. The van der Waals surface area contributed by atoms with Crippen LogP contribution in [0.2, 0.25) is 0 Å². The highest BCUT2D eigenvalue weighted by atomic mass is 32.2. The van der Waals surface area contributed by atoms with Crippen LogP contribution in [0.15, 0.2) is 47.6 Å². The largest absolute Gasteiger partial charge is 0.481 e. The summed E-state index contributed by atoms with van der Waals surface area (Å²) in [5.74, 6) is -0.180. The Morgan fingerprint density at radius 1 is 1.16 bits per heavy atom. The van der Waals surface area contributed by atoms with Crippen LogP contribution in [0.1, 0.15) is 55.8 Å². The minimum atomic E-state index is -3.86. The maximum absolute atomic E-state index is 11.7. The Morgan fingerprint density at radius 2 is 1.92 bits per heavy atom. The van der Waals surface area contributed by atoms with Crippen molar-refractivity contribution in [2.75, 3.05) is 20.7 Å². The molecule has 0 atom stereocenters. The number of nitrogens with two attached hydrogens (primary N) is 1. The van der Waals surface area contributed by atoms with Crippen molar-refractivity contribution in [1.82, 2.24) is 19.7 Å². The molecule has 1 aromatic carbocycles. The van der Waals surface area contributed by atoms with Gasteiger partial charge >= 0.3 is 5.97 Å². The van der Waals surface area contributed by atoms with Crippen molar-refractivity contribution >= 4 is 16.0 Å². The van der Waals surface area contributed by atoms with Crippen LogP contribution in [0.3, 0.4) is 0 Å². The molecule has 11 heteroatoms. The second-order valence-corrected chi connectivity index (χ2v) is 11.4. The van der Waals surface area contributed by atoms with Gasteiger partial charge in [-0.3, -0.25) is 9.48 Å². The molecule has 10 nitrogen and oxygen atoms in total. The molecule has 206 valence electrons. The SMILES string of the molecule is CC(C)c1cccc(-c2ccnc(OCCCCCn3nc(S(N)(=O)=O)cc3CN(C)C)c2)c1CC(=O)O. The molecule has 0 saturated heterocycles. The maximum atomic E-state index is 11.7. The van der Waals surface area contributed by atoms with Crippen molar-refractivity contribution < 1.29 is 23.1 Å². The van der Waals surface area contributed by atoms with Gasteiger partial charge < -0.3 is 14.7 Å². The number of unbranched alkanes of at least 4 members (excludes halogenated alkanes) is 2. The van der Waals surface area contributed by atoms with Crippen LogP contribution in [-0.4, -0.2) is 59.9 Å². The number of pyridine rings is 1. The number of carbonyl (C=O) groups is 1. The number of hydrogen-bond acceptors (Lipinski definition) is 7. The van der Waals surface area contributed by atoms with Crippen molar-refractivity contribution in [1.29, 1.82) is 0 Å². The Kier molecular flexibility index (Phi) is 10.0.